The summed E-state index contributed by atoms with van der Waals surface area (Å²) < 4.78 is 35.6. The van der Waals surface area contributed by atoms with Crippen molar-refractivity contribution in [1.29, 1.82) is 0 Å². The smallest absolute Gasteiger partial charge is 0.225 e. The van der Waals surface area contributed by atoms with Crippen molar-refractivity contribution in [2.24, 2.45) is 0 Å². The quantitative estimate of drug-likeness (QED) is 0.897. The molecule has 0 bridgehead atoms. The minimum Gasteiger partial charge on any atom is -0.486 e. The van der Waals surface area contributed by atoms with Crippen molar-refractivity contribution in [2.45, 2.75) is 11.3 Å². The Labute approximate surface area is 140 Å². The molecule has 24 heavy (non-hydrogen) atoms. The molecule has 1 aliphatic rings. The number of nitrogens with one attached hydrogen (secondary N) is 1. The molecule has 0 spiro atoms. The van der Waals surface area contributed by atoms with Crippen molar-refractivity contribution in [3.05, 3.63) is 48.5 Å². The van der Waals surface area contributed by atoms with Crippen LogP contribution in [-0.2, 0) is 14.6 Å². The predicted octanol–water partition coefficient (Wildman–Crippen LogP) is 2.26. The van der Waals surface area contributed by atoms with Crippen LogP contribution in [0.4, 0.5) is 5.69 Å². The summed E-state index contributed by atoms with van der Waals surface area (Å²) in [4.78, 5) is 12.0. The molecule has 0 radical (unpaired) electrons. The Hall–Kier alpha value is -2.54. The molecule has 0 unspecified atom stereocenters. The van der Waals surface area contributed by atoms with E-state index in [1.807, 2.05) is 6.07 Å². The molecule has 0 aromatic heterocycles. The molecule has 1 N–H and O–H groups in total. The number of ether oxygens (including phenoxy) is 2. The molecule has 3 rings (SSSR count). The Bertz CT molecular complexity index is 833. The van der Waals surface area contributed by atoms with Crippen LogP contribution in [0.5, 0.6) is 11.5 Å². The number of anilines is 1. The number of rotatable bonds is 5. The van der Waals surface area contributed by atoms with E-state index in [0.29, 0.717) is 30.4 Å². The maximum atomic E-state index is 12.4. The summed E-state index contributed by atoms with van der Waals surface area (Å²) in [6.45, 7) is 0.828. The molecule has 1 aliphatic heterocycles. The first-order valence-corrected chi connectivity index (χ1v) is 9.17. The van der Waals surface area contributed by atoms with Gasteiger partial charge < -0.3 is 14.8 Å². The van der Waals surface area contributed by atoms with Crippen molar-refractivity contribution in [3.8, 4) is 11.5 Å². The van der Waals surface area contributed by atoms with Crippen LogP contribution in [0, 0.1) is 0 Å². The highest BCUT2D eigenvalue weighted by atomic mass is 32.2. The average molecular weight is 347 g/mol. The molecule has 6 nitrogen and oxygen atoms in total. The van der Waals surface area contributed by atoms with E-state index in [1.165, 1.54) is 12.1 Å². The lowest BCUT2D eigenvalue weighted by Crippen LogP contribution is -2.18. The van der Waals surface area contributed by atoms with E-state index in [9.17, 15) is 13.2 Å². The van der Waals surface area contributed by atoms with Gasteiger partial charge in [0.05, 0.1) is 10.6 Å². The van der Waals surface area contributed by atoms with E-state index in [2.05, 4.69) is 5.32 Å². The summed E-state index contributed by atoms with van der Waals surface area (Å²) in [6, 6.07) is 13.4. The van der Waals surface area contributed by atoms with E-state index in [4.69, 9.17) is 9.47 Å². The van der Waals surface area contributed by atoms with Gasteiger partial charge in [-0.05, 0) is 24.3 Å². The summed E-state index contributed by atoms with van der Waals surface area (Å²) in [5.41, 5.74) is 0.638. The molecular weight excluding hydrogens is 330 g/mol. The van der Waals surface area contributed by atoms with Gasteiger partial charge in [-0.3, -0.25) is 4.79 Å². The van der Waals surface area contributed by atoms with Gasteiger partial charge in [-0.2, -0.15) is 0 Å². The van der Waals surface area contributed by atoms with Crippen LogP contribution in [0.3, 0.4) is 0 Å². The van der Waals surface area contributed by atoms with Crippen LogP contribution < -0.4 is 14.8 Å². The van der Waals surface area contributed by atoms with Crippen LogP contribution >= 0.6 is 0 Å². The van der Waals surface area contributed by atoms with Gasteiger partial charge in [-0.1, -0.05) is 18.2 Å². The largest absolute Gasteiger partial charge is 0.486 e. The highest BCUT2D eigenvalue weighted by molar-refractivity contribution is 7.91. The van der Waals surface area contributed by atoms with Gasteiger partial charge in [0.2, 0.25) is 5.91 Å². The zero-order chi connectivity index (χ0) is 17.0. The van der Waals surface area contributed by atoms with E-state index in [-0.39, 0.29) is 23.0 Å². The number of carbonyl (C=O) groups is 1. The highest BCUT2D eigenvalue weighted by Crippen LogP contribution is 2.32. The molecule has 0 saturated heterocycles. The first kappa shape index (κ1) is 16.3. The van der Waals surface area contributed by atoms with Gasteiger partial charge in [-0.15, -0.1) is 0 Å². The molecule has 2 aromatic rings. The monoisotopic (exact) mass is 347 g/mol. The minimum absolute atomic E-state index is 0.119. The first-order valence-electron chi connectivity index (χ1n) is 7.52. The van der Waals surface area contributed by atoms with Crippen molar-refractivity contribution in [2.75, 3.05) is 24.3 Å². The van der Waals surface area contributed by atoms with Crippen LogP contribution in [0.15, 0.2) is 53.4 Å². The zero-order valence-corrected chi connectivity index (χ0v) is 13.7. The topological polar surface area (TPSA) is 81.7 Å². The maximum Gasteiger partial charge on any atom is 0.225 e. The van der Waals surface area contributed by atoms with Crippen LogP contribution in [0.2, 0.25) is 0 Å². The first-order chi connectivity index (χ1) is 11.5. The number of carbonyl (C=O) groups excluding carboxylic acids is 1. The van der Waals surface area contributed by atoms with E-state index < -0.39 is 9.84 Å². The van der Waals surface area contributed by atoms with Crippen molar-refractivity contribution in [3.63, 3.8) is 0 Å². The zero-order valence-electron chi connectivity index (χ0n) is 12.9. The summed E-state index contributed by atoms with van der Waals surface area (Å²) in [6.07, 6.45) is -0.119. The lowest BCUT2D eigenvalue weighted by atomic mass is 10.3. The van der Waals surface area contributed by atoms with E-state index in [1.54, 1.807) is 30.3 Å². The molecule has 1 amide bonds. The Balaban J connectivity index is 1.64. The van der Waals surface area contributed by atoms with Gasteiger partial charge in [-0.25, -0.2) is 8.42 Å². The second-order valence-electron chi connectivity index (χ2n) is 5.29. The Kier molecular flexibility index (Phi) is 4.71. The number of para-hydroxylation sites is 1. The number of amides is 1. The van der Waals surface area contributed by atoms with Crippen molar-refractivity contribution in [1.82, 2.24) is 0 Å². The van der Waals surface area contributed by atoms with Gasteiger partial charge in [0.15, 0.2) is 21.3 Å². The number of hydrogen-bond acceptors (Lipinski definition) is 5. The number of fused-ring (bicyclic) bond motifs is 1. The van der Waals surface area contributed by atoms with Crippen molar-refractivity contribution < 1.29 is 22.7 Å². The van der Waals surface area contributed by atoms with Gasteiger partial charge >= 0.3 is 0 Å². The average Bonchev–Trinajstić information content (AvgIpc) is 2.60. The van der Waals surface area contributed by atoms with Gasteiger partial charge in [0.1, 0.15) is 13.2 Å². The molecule has 7 heteroatoms. The fraction of sp³-hybridized carbons (Fsp3) is 0.235. The van der Waals surface area contributed by atoms with E-state index in [0.717, 1.165) is 0 Å². The standard InChI is InChI=1S/C17H17NO5S/c19-17(18-13-4-2-1-3-5-13)8-11-24(20,21)14-6-7-15-16(12-14)23-10-9-22-15/h1-7,12H,8-11H2,(H,18,19). The lowest BCUT2D eigenvalue weighted by Gasteiger charge is -2.18. The van der Waals surface area contributed by atoms with Crippen LogP contribution in [-0.4, -0.2) is 33.3 Å². The molecular formula is C17H17NO5S. The Morgan fingerprint density at radius 1 is 1.00 bits per heavy atom. The number of hydrogen-bond donors (Lipinski definition) is 1. The molecule has 2 aromatic carbocycles. The third-order valence-electron chi connectivity index (χ3n) is 3.53. The molecule has 0 fully saturated rings. The Morgan fingerprint density at radius 2 is 1.71 bits per heavy atom. The summed E-state index contributed by atoms with van der Waals surface area (Å²) in [5.74, 6) is 0.325. The molecule has 1 heterocycles. The van der Waals surface area contributed by atoms with Crippen molar-refractivity contribution >= 4 is 21.4 Å². The summed E-state index contributed by atoms with van der Waals surface area (Å²) in [7, 11) is -3.58. The summed E-state index contributed by atoms with van der Waals surface area (Å²) in [5, 5.41) is 2.67. The van der Waals surface area contributed by atoms with Gasteiger partial charge in [0.25, 0.3) is 0 Å². The SMILES string of the molecule is O=C(CCS(=O)(=O)c1ccc2c(c1)OCCO2)Nc1ccccc1. The third-order valence-corrected chi connectivity index (χ3v) is 5.24. The Morgan fingerprint density at radius 3 is 2.46 bits per heavy atom. The molecule has 126 valence electrons. The summed E-state index contributed by atoms with van der Waals surface area (Å²) >= 11 is 0. The minimum atomic E-state index is -3.58. The number of sulfone groups is 1. The maximum absolute atomic E-state index is 12.4. The lowest BCUT2D eigenvalue weighted by molar-refractivity contribution is -0.115. The third kappa shape index (κ3) is 3.86. The van der Waals surface area contributed by atoms with Crippen LogP contribution in [0.25, 0.3) is 0 Å². The second kappa shape index (κ2) is 6.92. The highest BCUT2D eigenvalue weighted by Gasteiger charge is 2.20. The molecule has 0 aliphatic carbocycles. The fourth-order valence-electron chi connectivity index (χ4n) is 2.31. The molecule has 0 atom stereocenters. The van der Waals surface area contributed by atoms with Crippen LogP contribution in [0.1, 0.15) is 6.42 Å². The fourth-order valence-corrected chi connectivity index (χ4v) is 3.56. The number of benzene rings is 2. The predicted molar refractivity (Wildman–Crippen MR) is 89.2 cm³/mol. The normalized spacial score (nSPS) is 13.3. The second-order valence-corrected chi connectivity index (χ2v) is 7.40. The van der Waals surface area contributed by atoms with Gasteiger partial charge in [0, 0.05) is 18.2 Å². The molecule has 0 saturated carbocycles. The van der Waals surface area contributed by atoms with E-state index >= 15 is 0 Å².